The summed E-state index contributed by atoms with van der Waals surface area (Å²) in [6.45, 7) is 2.47. The number of aromatic nitrogens is 1. The summed E-state index contributed by atoms with van der Waals surface area (Å²) in [5, 5.41) is 0.740. The fourth-order valence-electron chi connectivity index (χ4n) is 1.36. The molecule has 2 rings (SSSR count). The molecule has 82 valence electrons. The molecule has 0 fully saturated rings. The third-order valence-corrected chi connectivity index (χ3v) is 2.59. The molecule has 1 aromatic heterocycles. The van der Waals surface area contributed by atoms with Crippen LogP contribution < -0.4 is 4.74 Å². The van der Waals surface area contributed by atoms with E-state index in [9.17, 15) is 0 Å². The first-order valence-electron chi connectivity index (χ1n) is 5.03. The van der Waals surface area contributed by atoms with Gasteiger partial charge < -0.3 is 4.74 Å². The van der Waals surface area contributed by atoms with Crippen LogP contribution in [0.2, 0.25) is 5.02 Å². The Morgan fingerprint density at radius 3 is 2.88 bits per heavy atom. The number of rotatable bonds is 3. The van der Waals surface area contributed by atoms with Crippen LogP contribution in [0.5, 0.6) is 5.75 Å². The Balaban J connectivity index is 2.05. The quantitative estimate of drug-likeness (QED) is 0.808. The number of nitrogens with zero attached hydrogens (tertiary/aromatic N) is 1. The van der Waals surface area contributed by atoms with Gasteiger partial charge in [0.15, 0.2) is 0 Å². The summed E-state index contributed by atoms with van der Waals surface area (Å²) in [6.07, 6.45) is 3.40. The lowest BCUT2D eigenvalue weighted by Gasteiger charge is -2.07. The molecule has 3 heteroatoms. The van der Waals surface area contributed by atoms with Crippen molar-refractivity contribution in [2.45, 2.75) is 13.5 Å². The molecule has 1 aromatic carbocycles. The Morgan fingerprint density at radius 2 is 2.19 bits per heavy atom. The summed E-state index contributed by atoms with van der Waals surface area (Å²) in [4.78, 5) is 3.98. The van der Waals surface area contributed by atoms with Gasteiger partial charge in [-0.05, 0) is 30.7 Å². The van der Waals surface area contributed by atoms with Gasteiger partial charge in [-0.3, -0.25) is 4.98 Å². The third kappa shape index (κ3) is 2.74. The number of pyridine rings is 1. The van der Waals surface area contributed by atoms with Crippen molar-refractivity contribution in [2.75, 3.05) is 0 Å². The van der Waals surface area contributed by atoms with E-state index in [1.807, 2.05) is 37.3 Å². The highest BCUT2D eigenvalue weighted by molar-refractivity contribution is 6.31. The largest absolute Gasteiger partial charge is 0.487 e. The van der Waals surface area contributed by atoms with Crippen LogP contribution in [-0.2, 0) is 6.61 Å². The van der Waals surface area contributed by atoms with Gasteiger partial charge in [-0.15, -0.1) is 0 Å². The second kappa shape index (κ2) is 4.99. The zero-order valence-corrected chi connectivity index (χ0v) is 9.74. The number of benzene rings is 1. The molecule has 0 bridgehead atoms. The van der Waals surface area contributed by atoms with E-state index < -0.39 is 0 Å². The summed E-state index contributed by atoms with van der Waals surface area (Å²) >= 11 is 6.10. The second-order valence-corrected chi connectivity index (χ2v) is 3.98. The second-order valence-electron chi connectivity index (χ2n) is 3.57. The molecular formula is C13H12ClNO. The normalized spacial score (nSPS) is 10.1. The highest BCUT2D eigenvalue weighted by Crippen LogP contribution is 2.19. The molecule has 1 heterocycles. The minimum absolute atomic E-state index is 0.463. The van der Waals surface area contributed by atoms with Crippen LogP contribution in [0.1, 0.15) is 11.1 Å². The maximum Gasteiger partial charge on any atom is 0.138 e. The van der Waals surface area contributed by atoms with Crippen molar-refractivity contribution in [3.8, 4) is 5.75 Å². The zero-order valence-electron chi connectivity index (χ0n) is 8.98. The summed E-state index contributed by atoms with van der Waals surface area (Å²) < 4.78 is 5.57. The lowest BCUT2D eigenvalue weighted by molar-refractivity contribution is 0.305. The number of halogens is 1. The van der Waals surface area contributed by atoms with Gasteiger partial charge in [0.2, 0.25) is 0 Å². The van der Waals surface area contributed by atoms with Gasteiger partial charge in [-0.25, -0.2) is 0 Å². The molecule has 0 unspecified atom stereocenters. The molecule has 0 saturated carbocycles. The lowest BCUT2D eigenvalue weighted by Crippen LogP contribution is -1.96. The molecule has 0 aliphatic rings. The number of hydrogen-bond acceptors (Lipinski definition) is 2. The Labute approximate surface area is 99.9 Å². The van der Waals surface area contributed by atoms with Crippen LogP contribution in [0.15, 0.2) is 42.7 Å². The molecule has 0 aliphatic carbocycles. The van der Waals surface area contributed by atoms with Crippen molar-refractivity contribution >= 4 is 11.6 Å². The Morgan fingerprint density at radius 1 is 1.31 bits per heavy atom. The molecule has 0 aliphatic heterocycles. The average molecular weight is 234 g/mol. The van der Waals surface area contributed by atoms with E-state index in [0.717, 1.165) is 21.9 Å². The van der Waals surface area contributed by atoms with Crippen molar-refractivity contribution in [1.29, 1.82) is 0 Å². The van der Waals surface area contributed by atoms with Crippen LogP contribution in [0.4, 0.5) is 0 Å². The molecule has 2 nitrogen and oxygen atoms in total. The minimum atomic E-state index is 0.463. The SMILES string of the molecule is Cc1ccc(COc2cccnc2)c(Cl)c1. The predicted octanol–water partition coefficient (Wildman–Crippen LogP) is 3.62. The molecule has 2 aromatic rings. The number of hydrogen-bond donors (Lipinski definition) is 0. The van der Waals surface area contributed by atoms with E-state index in [1.165, 1.54) is 0 Å². The molecule has 0 N–H and O–H groups in total. The van der Waals surface area contributed by atoms with E-state index in [1.54, 1.807) is 12.4 Å². The first-order chi connectivity index (χ1) is 7.75. The van der Waals surface area contributed by atoms with Crippen molar-refractivity contribution in [2.24, 2.45) is 0 Å². The molecule has 0 atom stereocenters. The summed E-state index contributed by atoms with van der Waals surface area (Å²) in [6, 6.07) is 9.65. The fraction of sp³-hybridized carbons (Fsp3) is 0.154. The van der Waals surface area contributed by atoms with Gasteiger partial charge in [-0.2, -0.15) is 0 Å². The smallest absolute Gasteiger partial charge is 0.138 e. The van der Waals surface area contributed by atoms with Crippen LogP contribution in [0.25, 0.3) is 0 Å². The van der Waals surface area contributed by atoms with Crippen LogP contribution >= 0.6 is 11.6 Å². The maximum absolute atomic E-state index is 6.10. The van der Waals surface area contributed by atoms with Gasteiger partial charge in [0.05, 0.1) is 6.20 Å². The topological polar surface area (TPSA) is 22.1 Å². The highest BCUT2D eigenvalue weighted by Gasteiger charge is 2.01. The predicted molar refractivity (Wildman–Crippen MR) is 64.8 cm³/mol. The molecule has 0 saturated heterocycles. The summed E-state index contributed by atoms with van der Waals surface area (Å²) in [7, 11) is 0. The van der Waals surface area contributed by atoms with Crippen LogP contribution in [0, 0.1) is 6.92 Å². The van der Waals surface area contributed by atoms with Crippen molar-refractivity contribution in [1.82, 2.24) is 4.98 Å². The Bertz CT molecular complexity index is 471. The molecule has 0 amide bonds. The van der Waals surface area contributed by atoms with Gasteiger partial charge in [0.1, 0.15) is 12.4 Å². The molecule has 0 spiro atoms. The monoisotopic (exact) mass is 233 g/mol. The van der Waals surface area contributed by atoms with Gasteiger partial charge in [0, 0.05) is 16.8 Å². The molecular weight excluding hydrogens is 222 g/mol. The first kappa shape index (κ1) is 11.0. The maximum atomic E-state index is 6.10. The van der Waals surface area contributed by atoms with E-state index in [2.05, 4.69) is 4.98 Å². The summed E-state index contributed by atoms with van der Waals surface area (Å²) in [5.41, 5.74) is 2.13. The van der Waals surface area contributed by atoms with E-state index in [0.29, 0.717) is 6.61 Å². The van der Waals surface area contributed by atoms with Crippen molar-refractivity contribution in [3.63, 3.8) is 0 Å². The minimum Gasteiger partial charge on any atom is -0.487 e. The van der Waals surface area contributed by atoms with Gasteiger partial charge in [-0.1, -0.05) is 23.7 Å². The van der Waals surface area contributed by atoms with Crippen LogP contribution in [-0.4, -0.2) is 4.98 Å². The summed E-state index contributed by atoms with van der Waals surface area (Å²) in [5.74, 6) is 0.749. The Kier molecular flexibility index (Phi) is 3.42. The zero-order chi connectivity index (χ0) is 11.4. The van der Waals surface area contributed by atoms with Crippen molar-refractivity contribution < 1.29 is 4.74 Å². The average Bonchev–Trinajstić information content (AvgIpc) is 2.29. The number of ether oxygens (including phenoxy) is 1. The molecule has 16 heavy (non-hydrogen) atoms. The first-order valence-corrected chi connectivity index (χ1v) is 5.41. The van der Waals surface area contributed by atoms with Gasteiger partial charge >= 0.3 is 0 Å². The number of aryl methyl sites for hydroxylation is 1. The third-order valence-electron chi connectivity index (χ3n) is 2.24. The van der Waals surface area contributed by atoms with Gasteiger partial charge in [0.25, 0.3) is 0 Å². The van der Waals surface area contributed by atoms with E-state index in [-0.39, 0.29) is 0 Å². The highest BCUT2D eigenvalue weighted by atomic mass is 35.5. The van der Waals surface area contributed by atoms with Crippen LogP contribution in [0.3, 0.4) is 0 Å². The molecule has 0 radical (unpaired) electrons. The van der Waals surface area contributed by atoms with E-state index in [4.69, 9.17) is 16.3 Å². The standard InChI is InChI=1S/C13H12ClNO/c1-10-4-5-11(13(14)7-10)9-16-12-3-2-6-15-8-12/h2-8H,9H2,1H3. The van der Waals surface area contributed by atoms with E-state index >= 15 is 0 Å². The van der Waals surface area contributed by atoms with Crippen molar-refractivity contribution in [3.05, 3.63) is 58.9 Å². The lowest BCUT2D eigenvalue weighted by atomic mass is 10.2. The Hall–Kier alpha value is -1.54. The fourth-order valence-corrected chi connectivity index (χ4v) is 1.65.